The van der Waals surface area contributed by atoms with E-state index in [2.05, 4.69) is 19.2 Å². The molecule has 2 N–H and O–H groups in total. The average molecular weight is 242 g/mol. The summed E-state index contributed by atoms with van der Waals surface area (Å²) in [6.45, 7) is 6.49. The Kier molecular flexibility index (Phi) is 4.78. The molecule has 0 unspecified atom stereocenters. The molecule has 0 aromatic carbocycles. The molecular weight excluding hydrogens is 220 g/mol. The molecule has 1 aliphatic heterocycles. The van der Waals surface area contributed by atoms with E-state index in [1.165, 1.54) is 0 Å². The zero-order valence-electron chi connectivity index (χ0n) is 10.7. The lowest BCUT2D eigenvalue weighted by Crippen LogP contribution is -2.39. The van der Waals surface area contributed by atoms with Gasteiger partial charge in [0.05, 0.1) is 0 Å². The van der Waals surface area contributed by atoms with Crippen molar-refractivity contribution in [2.24, 2.45) is 5.41 Å². The lowest BCUT2D eigenvalue weighted by Gasteiger charge is -2.20. The summed E-state index contributed by atoms with van der Waals surface area (Å²) in [5.41, 5.74) is 0.223. The summed E-state index contributed by atoms with van der Waals surface area (Å²) in [6.07, 6.45) is 2.54. The van der Waals surface area contributed by atoms with Crippen molar-refractivity contribution in [3.05, 3.63) is 0 Å². The van der Waals surface area contributed by atoms with Crippen molar-refractivity contribution in [2.45, 2.75) is 39.5 Å². The number of carboxylic acids is 1. The van der Waals surface area contributed by atoms with E-state index in [4.69, 9.17) is 5.11 Å². The highest BCUT2D eigenvalue weighted by atomic mass is 16.4. The minimum absolute atomic E-state index is 0.0223. The Morgan fingerprint density at radius 1 is 1.35 bits per heavy atom. The van der Waals surface area contributed by atoms with Crippen LogP contribution in [0.2, 0.25) is 0 Å². The summed E-state index contributed by atoms with van der Waals surface area (Å²) in [5.74, 6) is -0.780. The van der Waals surface area contributed by atoms with Gasteiger partial charge >= 0.3 is 12.0 Å². The van der Waals surface area contributed by atoms with Gasteiger partial charge in [-0.3, -0.25) is 4.79 Å². The van der Waals surface area contributed by atoms with Crippen molar-refractivity contribution in [2.75, 3.05) is 19.6 Å². The molecule has 17 heavy (non-hydrogen) atoms. The Labute approximate surface area is 102 Å². The number of carbonyl (C=O) groups excluding carboxylic acids is 1. The molecule has 5 nitrogen and oxygen atoms in total. The number of likely N-dealkylation sites (tertiary alicyclic amines) is 1. The molecule has 1 saturated heterocycles. The number of carbonyl (C=O) groups is 2. The SMILES string of the molecule is CC1(C)CCN(C(=O)NCCCCC(=O)O)C1. The van der Waals surface area contributed by atoms with Crippen molar-refractivity contribution in [3.8, 4) is 0 Å². The first-order chi connectivity index (χ1) is 7.91. The predicted octanol–water partition coefficient (Wildman–Crippen LogP) is 1.68. The highest BCUT2D eigenvalue weighted by Gasteiger charge is 2.31. The third-order valence-electron chi connectivity index (χ3n) is 3.06. The fourth-order valence-corrected chi connectivity index (χ4v) is 1.99. The Balaban J connectivity index is 2.12. The van der Waals surface area contributed by atoms with Gasteiger partial charge in [0.25, 0.3) is 0 Å². The van der Waals surface area contributed by atoms with Crippen molar-refractivity contribution in [3.63, 3.8) is 0 Å². The number of hydrogen-bond acceptors (Lipinski definition) is 2. The van der Waals surface area contributed by atoms with E-state index in [1.807, 2.05) is 4.90 Å². The molecule has 2 amide bonds. The molecule has 0 aromatic heterocycles. The fourth-order valence-electron chi connectivity index (χ4n) is 1.99. The molecular formula is C12H22N2O3. The van der Waals surface area contributed by atoms with E-state index in [1.54, 1.807) is 0 Å². The Hall–Kier alpha value is -1.26. The number of hydrogen-bond donors (Lipinski definition) is 2. The van der Waals surface area contributed by atoms with Crippen LogP contribution in [0.3, 0.4) is 0 Å². The molecule has 0 aromatic rings. The van der Waals surface area contributed by atoms with Crippen LogP contribution in [-0.4, -0.2) is 41.6 Å². The zero-order valence-corrected chi connectivity index (χ0v) is 10.7. The van der Waals surface area contributed by atoms with Crippen LogP contribution in [0, 0.1) is 5.41 Å². The van der Waals surface area contributed by atoms with Crippen LogP contribution in [0.5, 0.6) is 0 Å². The van der Waals surface area contributed by atoms with Crippen molar-refractivity contribution in [1.29, 1.82) is 0 Å². The van der Waals surface area contributed by atoms with Crippen LogP contribution in [0.4, 0.5) is 4.79 Å². The summed E-state index contributed by atoms with van der Waals surface area (Å²) in [5, 5.41) is 11.3. The summed E-state index contributed by atoms with van der Waals surface area (Å²) >= 11 is 0. The second kappa shape index (κ2) is 5.89. The maximum atomic E-state index is 11.7. The number of unbranched alkanes of at least 4 members (excludes halogenated alkanes) is 1. The maximum absolute atomic E-state index is 11.7. The van der Waals surface area contributed by atoms with Gasteiger partial charge in [-0.1, -0.05) is 13.8 Å². The smallest absolute Gasteiger partial charge is 0.317 e. The first-order valence-corrected chi connectivity index (χ1v) is 6.15. The first-order valence-electron chi connectivity index (χ1n) is 6.15. The summed E-state index contributed by atoms with van der Waals surface area (Å²) in [6, 6.07) is -0.0223. The molecule has 0 saturated carbocycles. The topological polar surface area (TPSA) is 69.6 Å². The van der Waals surface area contributed by atoms with E-state index in [0.717, 1.165) is 25.9 Å². The quantitative estimate of drug-likeness (QED) is 0.721. The van der Waals surface area contributed by atoms with Crippen LogP contribution >= 0.6 is 0 Å². The third kappa shape index (κ3) is 5.06. The van der Waals surface area contributed by atoms with E-state index in [0.29, 0.717) is 13.0 Å². The van der Waals surface area contributed by atoms with Crippen LogP contribution < -0.4 is 5.32 Å². The number of nitrogens with one attached hydrogen (secondary N) is 1. The molecule has 1 heterocycles. The van der Waals surface area contributed by atoms with Crippen LogP contribution in [0.1, 0.15) is 39.5 Å². The van der Waals surface area contributed by atoms with E-state index in [-0.39, 0.29) is 17.9 Å². The van der Waals surface area contributed by atoms with Gasteiger partial charge < -0.3 is 15.3 Å². The Morgan fingerprint density at radius 3 is 2.59 bits per heavy atom. The molecule has 0 radical (unpaired) electrons. The van der Waals surface area contributed by atoms with Crippen molar-refractivity contribution >= 4 is 12.0 Å². The monoisotopic (exact) mass is 242 g/mol. The van der Waals surface area contributed by atoms with Gasteiger partial charge in [0.2, 0.25) is 0 Å². The van der Waals surface area contributed by atoms with E-state index in [9.17, 15) is 9.59 Å². The lowest BCUT2D eigenvalue weighted by atomic mass is 9.93. The van der Waals surface area contributed by atoms with Crippen LogP contribution in [0.15, 0.2) is 0 Å². The molecule has 1 aliphatic rings. The third-order valence-corrected chi connectivity index (χ3v) is 3.06. The van der Waals surface area contributed by atoms with Crippen molar-refractivity contribution in [1.82, 2.24) is 10.2 Å². The van der Waals surface area contributed by atoms with Gasteiger partial charge in [0.15, 0.2) is 0 Å². The lowest BCUT2D eigenvalue weighted by molar-refractivity contribution is -0.137. The highest BCUT2D eigenvalue weighted by Crippen LogP contribution is 2.28. The Bertz CT molecular complexity index is 289. The van der Waals surface area contributed by atoms with Gasteiger partial charge in [-0.15, -0.1) is 0 Å². The van der Waals surface area contributed by atoms with Gasteiger partial charge in [-0.2, -0.15) is 0 Å². The number of carboxylic acid groups (broad SMARTS) is 1. The summed E-state index contributed by atoms with van der Waals surface area (Å²) in [4.78, 5) is 23.8. The van der Waals surface area contributed by atoms with Gasteiger partial charge in [-0.05, 0) is 24.7 Å². The molecule has 1 rings (SSSR count). The molecule has 5 heteroatoms. The highest BCUT2D eigenvalue weighted by molar-refractivity contribution is 5.74. The summed E-state index contributed by atoms with van der Waals surface area (Å²) < 4.78 is 0. The second-order valence-electron chi connectivity index (χ2n) is 5.42. The number of amides is 2. The minimum atomic E-state index is -0.780. The normalized spacial score (nSPS) is 18.1. The standard InChI is InChI=1S/C12H22N2O3/c1-12(2)6-8-14(9-12)11(17)13-7-4-3-5-10(15)16/h3-9H2,1-2H3,(H,13,17)(H,15,16). The first kappa shape index (κ1) is 13.8. The van der Waals surface area contributed by atoms with Crippen LogP contribution in [0.25, 0.3) is 0 Å². The Morgan fingerprint density at radius 2 is 2.06 bits per heavy atom. The molecule has 1 fully saturated rings. The zero-order chi connectivity index (χ0) is 12.9. The predicted molar refractivity (Wildman–Crippen MR) is 64.9 cm³/mol. The van der Waals surface area contributed by atoms with Gasteiger partial charge in [-0.25, -0.2) is 4.79 Å². The molecule has 0 spiro atoms. The maximum Gasteiger partial charge on any atom is 0.317 e. The average Bonchev–Trinajstić information content (AvgIpc) is 2.57. The molecule has 0 aliphatic carbocycles. The summed E-state index contributed by atoms with van der Waals surface area (Å²) in [7, 11) is 0. The number of nitrogens with zero attached hydrogens (tertiary/aromatic N) is 1. The second-order valence-corrected chi connectivity index (χ2v) is 5.42. The fraction of sp³-hybridized carbons (Fsp3) is 0.833. The largest absolute Gasteiger partial charge is 0.481 e. The number of rotatable bonds is 5. The van der Waals surface area contributed by atoms with Gasteiger partial charge in [0, 0.05) is 26.1 Å². The molecule has 98 valence electrons. The van der Waals surface area contributed by atoms with E-state index < -0.39 is 5.97 Å². The van der Waals surface area contributed by atoms with Crippen molar-refractivity contribution < 1.29 is 14.7 Å². The molecule has 0 bridgehead atoms. The van der Waals surface area contributed by atoms with E-state index >= 15 is 0 Å². The van der Waals surface area contributed by atoms with Crippen LogP contribution in [-0.2, 0) is 4.79 Å². The number of aliphatic carboxylic acids is 1. The van der Waals surface area contributed by atoms with Gasteiger partial charge in [0.1, 0.15) is 0 Å². The molecule has 0 atom stereocenters. The minimum Gasteiger partial charge on any atom is -0.481 e. The number of urea groups is 1.